The van der Waals surface area contributed by atoms with E-state index in [4.69, 9.17) is 5.73 Å². The molecular formula is C28H19BrN2. The maximum absolute atomic E-state index is 6.30. The highest BCUT2D eigenvalue weighted by molar-refractivity contribution is 9.10. The summed E-state index contributed by atoms with van der Waals surface area (Å²) in [5.41, 5.74) is 13.0. The second-order valence-corrected chi connectivity index (χ2v) is 8.64. The summed E-state index contributed by atoms with van der Waals surface area (Å²) in [4.78, 5) is 0. The zero-order valence-corrected chi connectivity index (χ0v) is 18.3. The third-order valence-electron chi connectivity index (χ3n) is 6.02. The molecule has 0 aliphatic heterocycles. The first-order valence-corrected chi connectivity index (χ1v) is 11.1. The number of halogens is 1. The van der Waals surface area contributed by atoms with Crippen LogP contribution in [0.1, 0.15) is 0 Å². The predicted molar refractivity (Wildman–Crippen MR) is 136 cm³/mol. The molecule has 5 aromatic carbocycles. The van der Waals surface area contributed by atoms with Gasteiger partial charge in [-0.15, -0.1) is 0 Å². The molecule has 0 radical (unpaired) electrons. The highest BCUT2D eigenvalue weighted by atomic mass is 79.9. The van der Waals surface area contributed by atoms with Crippen LogP contribution in [0.4, 0.5) is 5.69 Å². The predicted octanol–water partition coefficient (Wildman–Crippen LogP) is 7.95. The fraction of sp³-hybridized carbons (Fsp3) is 0. The first-order valence-electron chi connectivity index (χ1n) is 10.3. The van der Waals surface area contributed by atoms with Gasteiger partial charge in [-0.05, 0) is 59.0 Å². The fourth-order valence-corrected chi connectivity index (χ4v) is 5.21. The lowest BCUT2D eigenvalue weighted by Gasteiger charge is -2.11. The van der Waals surface area contributed by atoms with Crippen LogP contribution in [0.15, 0.2) is 108 Å². The summed E-state index contributed by atoms with van der Waals surface area (Å²) in [6, 6.07) is 36.3. The van der Waals surface area contributed by atoms with Crippen molar-refractivity contribution in [3.05, 3.63) is 108 Å². The molecule has 6 rings (SSSR count). The lowest BCUT2D eigenvalue weighted by Crippen LogP contribution is -1.93. The average molecular weight is 463 g/mol. The minimum atomic E-state index is 0.785. The average Bonchev–Trinajstić information content (AvgIpc) is 3.14. The Morgan fingerprint density at radius 1 is 0.613 bits per heavy atom. The summed E-state index contributed by atoms with van der Waals surface area (Å²) in [5, 5.41) is 4.72. The SMILES string of the molecule is Nc1cccc2c(-c3ccc4c(c3)c3ccccc3n4-c3ccccc3)ccc(Br)c12. The third-order valence-corrected chi connectivity index (χ3v) is 6.68. The molecule has 0 atom stereocenters. The van der Waals surface area contributed by atoms with E-state index in [1.165, 1.54) is 38.6 Å². The number of hydrogen-bond acceptors (Lipinski definition) is 1. The van der Waals surface area contributed by atoms with Crippen LogP contribution in [-0.4, -0.2) is 4.57 Å². The lowest BCUT2D eigenvalue weighted by molar-refractivity contribution is 1.18. The van der Waals surface area contributed by atoms with Crippen molar-refractivity contribution in [3.63, 3.8) is 0 Å². The number of rotatable bonds is 2. The summed E-state index contributed by atoms with van der Waals surface area (Å²) < 4.78 is 3.36. The molecule has 148 valence electrons. The van der Waals surface area contributed by atoms with Gasteiger partial charge < -0.3 is 10.3 Å². The Labute approximate surface area is 188 Å². The normalized spacial score (nSPS) is 11.5. The maximum atomic E-state index is 6.30. The summed E-state index contributed by atoms with van der Waals surface area (Å²) in [6.07, 6.45) is 0. The number of para-hydroxylation sites is 2. The number of anilines is 1. The number of benzene rings is 5. The summed E-state index contributed by atoms with van der Waals surface area (Å²) in [6.45, 7) is 0. The van der Waals surface area contributed by atoms with Gasteiger partial charge in [-0.2, -0.15) is 0 Å². The van der Waals surface area contributed by atoms with E-state index in [9.17, 15) is 0 Å². The van der Waals surface area contributed by atoms with Crippen LogP contribution in [0.5, 0.6) is 0 Å². The summed E-state index contributed by atoms with van der Waals surface area (Å²) >= 11 is 3.67. The van der Waals surface area contributed by atoms with Crippen LogP contribution < -0.4 is 5.73 Å². The molecule has 0 saturated heterocycles. The monoisotopic (exact) mass is 462 g/mol. The topological polar surface area (TPSA) is 30.9 Å². The molecule has 2 nitrogen and oxygen atoms in total. The zero-order valence-electron chi connectivity index (χ0n) is 16.7. The van der Waals surface area contributed by atoms with Gasteiger partial charge >= 0.3 is 0 Å². The molecule has 1 aromatic heterocycles. The molecule has 0 amide bonds. The van der Waals surface area contributed by atoms with E-state index < -0.39 is 0 Å². The first kappa shape index (κ1) is 18.2. The molecule has 0 aliphatic rings. The van der Waals surface area contributed by atoms with Crippen LogP contribution in [0.3, 0.4) is 0 Å². The Bertz CT molecular complexity index is 1590. The smallest absolute Gasteiger partial charge is 0.0541 e. The van der Waals surface area contributed by atoms with Gasteiger partial charge in [-0.25, -0.2) is 0 Å². The van der Waals surface area contributed by atoms with E-state index >= 15 is 0 Å². The van der Waals surface area contributed by atoms with Crippen LogP contribution in [0, 0.1) is 0 Å². The van der Waals surface area contributed by atoms with E-state index in [-0.39, 0.29) is 0 Å². The third kappa shape index (κ3) is 2.77. The second-order valence-electron chi connectivity index (χ2n) is 7.78. The summed E-state index contributed by atoms with van der Waals surface area (Å²) in [5.74, 6) is 0. The standard InChI is InChI=1S/C28H19BrN2/c29-24-15-14-20(22-10-6-11-25(30)28(22)24)18-13-16-27-23(17-18)21-9-4-5-12-26(21)31(27)19-7-2-1-3-8-19/h1-17H,30H2. The van der Waals surface area contributed by atoms with Crippen molar-refractivity contribution in [3.8, 4) is 16.8 Å². The van der Waals surface area contributed by atoms with Crippen molar-refractivity contribution in [1.82, 2.24) is 4.57 Å². The van der Waals surface area contributed by atoms with Crippen molar-refractivity contribution in [1.29, 1.82) is 0 Å². The van der Waals surface area contributed by atoms with Gasteiger partial charge in [0.25, 0.3) is 0 Å². The van der Waals surface area contributed by atoms with Crippen molar-refractivity contribution >= 4 is 54.2 Å². The van der Waals surface area contributed by atoms with Crippen LogP contribution in [0.25, 0.3) is 49.4 Å². The largest absolute Gasteiger partial charge is 0.398 e. The molecular weight excluding hydrogens is 444 g/mol. The van der Waals surface area contributed by atoms with E-state index in [0.29, 0.717) is 0 Å². The second kappa shape index (κ2) is 7.00. The van der Waals surface area contributed by atoms with Crippen molar-refractivity contribution in [2.45, 2.75) is 0 Å². The molecule has 3 heteroatoms. The van der Waals surface area contributed by atoms with Crippen molar-refractivity contribution < 1.29 is 0 Å². The Kier molecular flexibility index (Phi) is 4.12. The fourth-order valence-electron chi connectivity index (χ4n) is 4.64. The number of fused-ring (bicyclic) bond motifs is 4. The molecule has 0 bridgehead atoms. The van der Waals surface area contributed by atoms with Gasteiger partial charge in [0.2, 0.25) is 0 Å². The molecule has 6 aromatic rings. The highest BCUT2D eigenvalue weighted by Gasteiger charge is 2.14. The molecule has 0 unspecified atom stereocenters. The van der Waals surface area contributed by atoms with Gasteiger partial charge in [-0.3, -0.25) is 0 Å². The van der Waals surface area contributed by atoms with Gasteiger partial charge in [-0.1, -0.05) is 76.6 Å². The molecule has 0 saturated carbocycles. The molecule has 2 N–H and O–H groups in total. The maximum Gasteiger partial charge on any atom is 0.0541 e. The van der Waals surface area contributed by atoms with Gasteiger partial charge in [0, 0.05) is 32.0 Å². The van der Waals surface area contributed by atoms with E-state index in [2.05, 4.69) is 111 Å². The minimum Gasteiger partial charge on any atom is -0.398 e. The molecule has 0 spiro atoms. The van der Waals surface area contributed by atoms with Crippen molar-refractivity contribution in [2.75, 3.05) is 5.73 Å². The zero-order chi connectivity index (χ0) is 20.9. The quantitative estimate of drug-likeness (QED) is 0.260. The molecule has 0 aliphatic carbocycles. The first-order chi connectivity index (χ1) is 15.2. The molecule has 31 heavy (non-hydrogen) atoms. The van der Waals surface area contributed by atoms with Gasteiger partial charge in [0.05, 0.1) is 11.0 Å². The summed E-state index contributed by atoms with van der Waals surface area (Å²) in [7, 11) is 0. The van der Waals surface area contributed by atoms with E-state index in [0.717, 1.165) is 20.9 Å². The van der Waals surface area contributed by atoms with Crippen LogP contribution in [-0.2, 0) is 0 Å². The highest BCUT2D eigenvalue weighted by Crippen LogP contribution is 2.39. The van der Waals surface area contributed by atoms with E-state index in [1.807, 2.05) is 12.1 Å². The van der Waals surface area contributed by atoms with Crippen molar-refractivity contribution in [2.24, 2.45) is 0 Å². The van der Waals surface area contributed by atoms with E-state index in [1.54, 1.807) is 0 Å². The Hall–Kier alpha value is -3.56. The van der Waals surface area contributed by atoms with Gasteiger partial charge in [0.15, 0.2) is 0 Å². The Morgan fingerprint density at radius 3 is 2.23 bits per heavy atom. The minimum absolute atomic E-state index is 0.785. The number of aromatic nitrogens is 1. The Balaban J connectivity index is 1.68. The van der Waals surface area contributed by atoms with Crippen LogP contribution >= 0.6 is 15.9 Å². The van der Waals surface area contributed by atoms with Crippen LogP contribution in [0.2, 0.25) is 0 Å². The number of nitrogens with zero attached hydrogens (tertiary/aromatic N) is 1. The number of hydrogen-bond donors (Lipinski definition) is 1. The lowest BCUT2D eigenvalue weighted by atomic mass is 9.96. The number of nitrogen functional groups attached to an aromatic ring is 1. The molecule has 0 fully saturated rings. The Morgan fingerprint density at radius 2 is 1.35 bits per heavy atom. The molecule has 1 heterocycles. The van der Waals surface area contributed by atoms with Gasteiger partial charge in [0.1, 0.15) is 0 Å². The number of nitrogens with two attached hydrogens (primary N) is 1.